The Morgan fingerprint density at radius 1 is 0.929 bits per heavy atom. The van der Waals surface area contributed by atoms with Crippen LogP contribution in [0.5, 0.6) is 11.5 Å². The summed E-state index contributed by atoms with van der Waals surface area (Å²) in [5.74, 6) is 0.431. The van der Waals surface area contributed by atoms with Gasteiger partial charge in [-0.25, -0.2) is 8.42 Å². The molecule has 0 saturated carbocycles. The minimum atomic E-state index is -3.79. The fraction of sp³-hybridized carbons (Fsp3) is 0.0952. The number of fused-ring (bicyclic) bond motifs is 3. The third-order valence-corrected chi connectivity index (χ3v) is 6.79. The van der Waals surface area contributed by atoms with Gasteiger partial charge in [0.05, 0.1) is 21.8 Å². The molecule has 1 N–H and O–H groups in total. The first kappa shape index (κ1) is 16.8. The quantitative estimate of drug-likeness (QED) is 0.720. The Hall–Kier alpha value is -3.32. The van der Waals surface area contributed by atoms with E-state index in [1.54, 1.807) is 30.3 Å². The Balaban J connectivity index is 1.57. The molecule has 0 spiro atoms. The fourth-order valence-electron chi connectivity index (χ4n) is 3.59. The van der Waals surface area contributed by atoms with Gasteiger partial charge in [-0.1, -0.05) is 30.3 Å². The summed E-state index contributed by atoms with van der Waals surface area (Å²) in [6, 6.07) is 18.9. The van der Waals surface area contributed by atoms with Crippen LogP contribution in [0.1, 0.15) is 15.9 Å². The van der Waals surface area contributed by atoms with Gasteiger partial charge >= 0.3 is 0 Å². The molecular formula is C21H16N2O4S. The number of ether oxygens (including phenoxy) is 1. The third kappa shape index (κ3) is 2.55. The molecule has 0 atom stereocenters. The van der Waals surface area contributed by atoms with E-state index in [2.05, 4.69) is 5.32 Å². The monoisotopic (exact) mass is 392 g/mol. The van der Waals surface area contributed by atoms with Gasteiger partial charge in [-0.2, -0.15) is 0 Å². The molecule has 0 saturated heterocycles. The van der Waals surface area contributed by atoms with E-state index in [4.69, 9.17) is 4.74 Å². The summed E-state index contributed by atoms with van der Waals surface area (Å²) in [7, 11) is -3.79. The topological polar surface area (TPSA) is 75.7 Å². The summed E-state index contributed by atoms with van der Waals surface area (Å²) in [6.07, 6.45) is 0.666. The van der Waals surface area contributed by atoms with E-state index >= 15 is 0 Å². The third-order valence-electron chi connectivity index (χ3n) is 4.98. The van der Waals surface area contributed by atoms with Crippen molar-refractivity contribution in [2.45, 2.75) is 11.3 Å². The number of carbonyl (C=O) groups is 1. The van der Waals surface area contributed by atoms with Gasteiger partial charge in [0, 0.05) is 6.54 Å². The summed E-state index contributed by atoms with van der Waals surface area (Å²) in [5.41, 5.74) is 2.41. The molecule has 2 aliphatic rings. The smallest absolute Gasteiger partial charge is 0.264 e. The lowest BCUT2D eigenvalue weighted by atomic mass is 10.2. The van der Waals surface area contributed by atoms with Crippen molar-refractivity contribution in [1.29, 1.82) is 0 Å². The van der Waals surface area contributed by atoms with Crippen LogP contribution in [-0.2, 0) is 16.4 Å². The Morgan fingerprint density at radius 3 is 2.61 bits per heavy atom. The molecule has 3 aromatic carbocycles. The van der Waals surface area contributed by atoms with Gasteiger partial charge < -0.3 is 10.1 Å². The van der Waals surface area contributed by atoms with Crippen molar-refractivity contribution in [3.63, 3.8) is 0 Å². The molecule has 2 heterocycles. The second kappa shape index (κ2) is 6.10. The van der Waals surface area contributed by atoms with Gasteiger partial charge in [0.15, 0.2) is 5.75 Å². The highest BCUT2D eigenvalue weighted by atomic mass is 32.2. The van der Waals surface area contributed by atoms with Crippen LogP contribution < -0.4 is 14.4 Å². The summed E-state index contributed by atoms with van der Waals surface area (Å²) in [4.78, 5) is 12.7. The minimum absolute atomic E-state index is 0.0626. The number of nitrogens with one attached hydrogen (secondary N) is 1. The van der Waals surface area contributed by atoms with Gasteiger partial charge in [-0.15, -0.1) is 0 Å². The van der Waals surface area contributed by atoms with Crippen molar-refractivity contribution >= 4 is 27.3 Å². The predicted octanol–water partition coefficient (Wildman–Crippen LogP) is 3.80. The average Bonchev–Trinajstić information content (AvgIpc) is 3.08. The first-order valence-electron chi connectivity index (χ1n) is 8.87. The van der Waals surface area contributed by atoms with Gasteiger partial charge in [0.25, 0.3) is 15.9 Å². The van der Waals surface area contributed by atoms with E-state index in [-0.39, 0.29) is 10.5 Å². The Labute approximate surface area is 162 Å². The first-order chi connectivity index (χ1) is 13.5. The van der Waals surface area contributed by atoms with E-state index in [1.165, 1.54) is 22.5 Å². The Morgan fingerprint density at radius 2 is 1.71 bits per heavy atom. The highest BCUT2D eigenvalue weighted by Crippen LogP contribution is 2.38. The predicted molar refractivity (Wildman–Crippen MR) is 106 cm³/mol. The van der Waals surface area contributed by atoms with Crippen LogP contribution >= 0.6 is 0 Å². The maximum atomic E-state index is 13.2. The van der Waals surface area contributed by atoms with Crippen molar-refractivity contribution < 1.29 is 17.9 Å². The van der Waals surface area contributed by atoms with Crippen molar-refractivity contribution in [2.75, 3.05) is 16.2 Å². The number of hydrogen-bond donors (Lipinski definition) is 1. The van der Waals surface area contributed by atoms with Crippen LogP contribution in [0.3, 0.4) is 0 Å². The highest BCUT2D eigenvalue weighted by molar-refractivity contribution is 7.92. The fourth-order valence-corrected chi connectivity index (χ4v) is 5.12. The zero-order chi connectivity index (χ0) is 19.3. The molecule has 0 bridgehead atoms. The summed E-state index contributed by atoms with van der Waals surface area (Å²) in [6.45, 7) is 0.382. The zero-order valence-electron chi connectivity index (χ0n) is 14.8. The number of carbonyl (C=O) groups excluding carboxylic acids is 1. The first-order valence-corrected chi connectivity index (χ1v) is 10.3. The number of amides is 1. The second-order valence-electron chi connectivity index (χ2n) is 6.67. The molecular weight excluding hydrogens is 376 g/mol. The number of benzene rings is 3. The van der Waals surface area contributed by atoms with Gasteiger partial charge in [0.1, 0.15) is 5.75 Å². The molecule has 2 aliphatic heterocycles. The highest BCUT2D eigenvalue weighted by Gasteiger charge is 2.32. The molecule has 28 heavy (non-hydrogen) atoms. The van der Waals surface area contributed by atoms with E-state index in [9.17, 15) is 13.2 Å². The zero-order valence-corrected chi connectivity index (χ0v) is 15.6. The second-order valence-corrected chi connectivity index (χ2v) is 8.53. The van der Waals surface area contributed by atoms with Gasteiger partial charge in [-0.3, -0.25) is 9.10 Å². The Bertz CT molecular complexity index is 1220. The van der Waals surface area contributed by atoms with E-state index in [0.29, 0.717) is 35.8 Å². The number of sulfonamides is 1. The molecule has 6 nitrogen and oxygen atoms in total. The van der Waals surface area contributed by atoms with Crippen molar-refractivity contribution in [3.8, 4) is 11.5 Å². The van der Waals surface area contributed by atoms with Crippen molar-refractivity contribution in [1.82, 2.24) is 0 Å². The minimum Gasteiger partial charge on any atom is -0.454 e. The summed E-state index contributed by atoms with van der Waals surface area (Å²) < 4.78 is 33.7. The van der Waals surface area contributed by atoms with E-state index in [1.807, 2.05) is 18.2 Å². The number of rotatable bonds is 2. The number of nitrogens with zero attached hydrogens (tertiary/aromatic N) is 1. The number of hydrogen-bond acceptors (Lipinski definition) is 4. The molecule has 0 aromatic heterocycles. The van der Waals surface area contributed by atoms with Gasteiger partial charge in [0.2, 0.25) is 0 Å². The van der Waals surface area contributed by atoms with Crippen molar-refractivity contribution in [3.05, 3.63) is 77.9 Å². The molecule has 0 aliphatic carbocycles. The van der Waals surface area contributed by atoms with Crippen LogP contribution in [0.4, 0.5) is 11.4 Å². The Kier molecular flexibility index (Phi) is 3.67. The summed E-state index contributed by atoms with van der Waals surface area (Å²) in [5, 5.41) is 2.77. The molecule has 5 rings (SSSR count). The lowest BCUT2D eigenvalue weighted by molar-refractivity contribution is 0.102. The average molecular weight is 392 g/mol. The van der Waals surface area contributed by atoms with Crippen LogP contribution in [0.2, 0.25) is 0 Å². The lowest BCUT2D eigenvalue weighted by Gasteiger charge is -2.20. The standard InChI is InChI=1S/C21H16N2O4S/c24-21-16-13-15(9-10-19(16)27-20-8-4-2-6-17(20)22-21)28(25,26)23-12-11-14-5-1-3-7-18(14)23/h1-10,13H,11-12H2,(H,22,24). The summed E-state index contributed by atoms with van der Waals surface area (Å²) >= 11 is 0. The maximum Gasteiger partial charge on any atom is 0.264 e. The van der Waals surface area contributed by atoms with Crippen LogP contribution in [0, 0.1) is 0 Å². The van der Waals surface area contributed by atoms with Crippen LogP contribution in [-0.4, -0.2) is 20.9 Å². The normalized spacial score (nSPS) is 15.0. The molecule has 0 radical (unpaired) electrons. The molecule has 0 unspecified atom stereocenters. The molecule has 1 amide bonds. The molecule has 3 aromatic rings. The lowest BCUT2D eigenvalue weighted by Crippen LogP contribution is -2.29. The molecule has 7 heteroatoms. The van der Waals surface area contributed by atoms with Crippen molar-refractivity contribution in [2.24, 2.45) is 0 Å². The van der Waals surface area contributed by atoms with E-state index < -0.39 is 15.9 Å². The SMILES string of the molecule is O=C1Nc2ccccc2Oc2ccc(S(=O)(=O)N3CCc4ccccc43)cc21. The van der Waals surface area contributed by atoms with Crippen LogP contribution in [0.15, 0.2) is 71.6 Å². The molecule has 0 fully saturated rings. The largest absolute Gasteiger partial charge is 0.454 e. The molecule has 140 valence electrons. The number of anilines is 2. The van der Waals surface area contributed by atoms with Gasteiger partial charge in [-0.05, 0) is 48.4 Å². The number of para-hydroxylation sites is 3. The van der Waals surface area contributed by atoms with E-state index in [0.717, 1.165) is 5.56 Å². The maximum absolute atomic E-state index is 13.2. The van der Waals surface area contributed by atoms with Crippen LogP contribution in [0.25, 0.3) is 0 Å².